The van der Waals surface area contributed by atoms with Crippen molar-refractivity contribution >= 4 is 11.6 Å². The van der Waals surface area contributed by atoms with Gasteiger partial charge in [0.1, 0.15) is 0 Å². The van der Waals surface area contributed by atoms with E-state index in [1.54, 1.807) is 36.2 Å². The Hall–Kier alpha value is -2.50. The minimum absolute atomic E-state index is 0.0254. The van der Waals surface area contributed by atoms with E-state index in [2.05, 4.69) is 0 Å². The van der Waals surface area contributed by atoms with Crippen molar-refractivity contribution in [1.82, 2.24) is 0 Å². The number of rotatable bonds is 4. The van der Waals surface area contributed by atoms with E-state index < -0.39 is 17.6 Å². The number of benzene rings is 2. The molecule has 0 atom stereocenters. The maximum Gasteiger partial charge on any atom is 0.416 e. The molecule has 0 bridgehead atoms. The smallest absolute Gasteiger partial charge is 0.368 e. The first-order valence-corrected chi connectivity index (χ1v) is 6.55. The lowest BCUT2D eigenvalue weighted by Crippen LogP contribution is -2.30. The Kier molecular flexibility index (Phi) is 4.40. The molecule has 0 unspecified atom stereocenters. The summed E-state index contributed by atoms with van der Waals surface area (Å²) in [5, 5.41) is 0. The zero-order valence-electron chi connectivity index (χ0n) is 11.9. The molecule has 0 radical (unpaired) electrons. The van der Waals surface area contributed by atoms with Crippen LogP contribution in [-0.4, -0.2) is 19.5 Å². The standard InChI is InChI=1S/C16H15F3N2O/c1-21(10-15(20)22)14-5-3-2-4-13(14)11-6-8-12(9-7-11)16(17,18)19/h2-9H,10H2,1H3,(H2,20,22). The van der Waals surface area contributed by atoms with Crippen molar-refractivity contribution in [2.75, 3.05) is 18.5 Å². The number of anilines is 1. The maximum absolute atomic E-state index is 12.6. The first kappa shape index (κ1) is 15.9. The van der Waals surface area contributed by atoms with Gasteiger partial charge in [-0.15, -0.1) is 0 Å². The lowest BCUT2D eigenvalue weighted by Gasteiger charge is -2.21. The van der Waals surface area contributed by atoms with Crippen LogP contribution in [0, 0.1) is 0 Å². The predicted molar refractivity (Wildman–Crippen MR) is 79.3 cm³/mol. The third-order valence-electron chi connectivity index (χ3n) is 3.23. The van der Waals surface area contributed by atoms with Gasteiger partial charge in [-0.3, -0.25) is 4.79 Å². The Morgan fingerprint density at radius 2 is 1.68 bits per heavy atom. The summed E-state index contributed by atoms with van der Waals surface area (Å²) in [4.78, 5) is 12.7. The molecule has 6 heteroatoms. The molecule has 0 saturated carbocycles. The third kappa shape index (κ3) is 3.58. The highest BCUT2D eigenvalue weighted by Gasteiger charge is 2.30. The van der Waals surface area contributed by atoms with E-state index in [-0.39, 0.29) is 6.54 Å². The molecule has 0 spiro atoms. The molecule has 2 N–H and O–H groups in total. The number of carbonyl (C=O) groups is 1. The van der Waals surface area contributed by atoms with Gasteiger partial charge in [0.25, 0.3) is 0 Å². The number of amides is 1. The Balaban J connectivity index is 2.39. The summed E-state index contributed by atoms with van der Waals surface area (Å²) >= 11 is 0. The second kappa shape index (κ2) is 6.09. The first-order chi connectivity index (χ1) is 10.3. The Labute approximate surface area is 126 Å². The second-order valence-corrected chi connectivity index (χ2v) is 4.91. The number of carbonyl (C=O) groups excluding carboxylic acids is 1. The number of nitrogens with zero attached hydrogens (tertiary/aromatic N) is 1. The van der Waals surface area contributed by atoms with E-state index >= 15 is 0 Å². The van der Waals surface area contributed by atoms with Crippen molar-refractivity contribution in [3.8, 4) is 11.1 Å². The van der Waals surface area contributed by atoms with E-state index in [4.69, 9.17) is 5.73 Å². The number of primary amides is 1. The molecule has 116 valence electrons. The van der Waals surface area contributed by atoms with Crippen molar-refractivity contribution in [3.05, 3.63) is 54.1 Å². The monoisotopic (exact) mass is 308 g/mol. The van der Waals surface area contributed by atoms with Crippen LogP contribution in [0.2, 0.25) is 0 Å². The highest BCUT2D eigenvalue weighted by Crippen LogP contribution is 2.34. The van der Waals surface area contributed by atoms with Crippen LogP contribution in [0.5, 0.6) is 0 Å². The molecule has 0 aromatic heterocycles. The highest BCUT2D eigenvalue weighted by molar-refractivity contribution is 5.84. The van der Waals surface area contributed by atoms with Gasteiger partial charge in [-0.05, 0) is 23.8 Å². The average molecular weight is 308 g/mol. The van der Waals surface area contributed by atoms with Crippen LogP contribution < -0.4 is 10.6 Å². The number of hydrogen-bond acceptors (Lipinski definition) is 2. The second-order valence-electron chi connectivity index (χ2n) is 4.91. The zero-order valence-corrected chi connectivity index (χ0v) is 11.9. The van der Waals surface area contributed by atoms with Crippen LogP contribution in [0.3, 0.4) is 0 Å². The maximum atomic E-state index is 12.6. The number of halogens is 3. The van der Waals surface area contributed by atoms with Gasteiger partial charge in [0.15, 0.2) is 0 Å². The summed E-state index contributed by atoms with van der Waals surface area (Å²) in [5.41, 5.74) is 6.58. The number of para-hydroxylation sites is 1. The summed E-state index contributed by atoms with van der Waals surface area (Å²) in [6, 6.07) is 12.1. The van der Waals surface area contributed by atoms with Crippen molar-refractivity contribution in [2.45, 2.75) is 6.18 Å². The SMILES string of the molecule is CN(CC(N)=O)c1ccccc1-c1ccc(C(F)(F)F)cc1. The molecule has 0 saturated heterocycles. The van der Waals surface area contributed by atoms with E-state index in [1.165, 1.54) is 12.1 Å². The van der Waals surface area contributed by atoms with Gasteiger partial charge in [-0.25, -0.2) is 0 Å². The minimum Gasteiger partial charge on any atom is -0.368 e. The van der Waals surface area contributed by atoms with Gasteiger partial charge in [0, 0.05) is 18.3 Å². The van der Waals surface area contributed by atoms with E-state index in [9.17, 15) is 18.0 Å². The van der Waals surface area contributed by atoms with Gasteiger partial charge in [-0.1, -0.05) is 30.3 Å². The van der Waals surface area contributed by atoms with Crippen LogP contribution in [0.1, 0.15) is 5.56 Å². The van der Waals surface area contributed by atoms with E-state index in [0.29, 0.717) is 5.56 Å². The summed E-state index contributed by atoms with van der Waals surface area (Å²) < 4.78 is 37.8. The van der Waals surface area contributed by atoms with Crippen molar-refractivity contribution in [2.24, 2.45) is 5.73 Å². The van der Waals surface area contributed by atoms with Crippen LogP contribution in [0.4, 0.5) is 18.9 Å². The Morgan fingerprint density at radius 1 is 1.09 bits per heavy atom. The molecule has 0 fully saturated rings. The molecule has 0 aliphatic rings. The summed E-state index contributed by atoms with van der Waals surface area (Å²) in [6.07, 6.45) is -4.36. The molecule has 2 aromatic carbocycles. The third-order valence-corrected chi connectivity index (χ3v) is 3.23. The predicted octanol–water partition coefficient (Wildman–Crippen LogP) is 3.29. The van der Waals surface area contributed by atoms with Gasteiger partial charge in [-0.2, -0.15) is 13.2 Å². The summed E-state index contributed by atoms with van der Waals surface area (Å²) in [6.45, 7) is 0.0254. The lowest BCUT2D eigenvalue weighted by molar-refractivity contribution is -0.137. The number of alkyl halides is 3. The highest BCUT2D eigenvalue weighted by atomic mass is 19.4. The quantitative estimate of drug-likeness (QED) is 0.942. The van der Waals surface area contributed by atoms with Crippen LogP contribution in [0.15, 0.2) is 48.5 Å². The largest absolute Gasteiger partial charge is 0.416 e. The molecule has 2 rings (SSSR count). The zero-order chi connectivity index (χ0) is 16.3. The fourth-order valence-corrected chi connectivity index (χ4v) is 2.21. The van der Waals surface area contributed by atoms with Gasteiger partial charge in [0.05, 0.1) is 12.1 Å². The Morgan fingerprint density at radius 3 is 2.23 bits per heavy atom. The van der Waals surface area contributed by atoms with E-state index in [0.717, 1.165) is 23.4 Å². The normalized spacial score (nSPS) is 11.3. The van der Waals surface area contributed by atoms with Gasteiger partial charge >= 0.3 is 6.18 Å². The van der Waals surface area contributed by atoms with Crippen molar-refractivity contribution in [3.63, 3.8) is 0 Å². The van der Waals surface area contributed by atoms with Crippen LogP contribution in [-0.2, 0) is 11.0 Å². The minimum atomic E-state index is -4.36. The fourth-order valence-electron chi connectivity index (χ4n) is 2.21. The molecule has 0 heterocycles. The topological polar surface area (TPSA) is 46.3 Å². The molecular formula is C16H15F3N2O. The lowest BCUT2D eigenvalue weighted by atomic mass is 10.0. The van der Waals surface area contributed by atoms with E-state index in [1.807, 2.05) is 0 Å². The molecular weight excluding hydrogens is 293 g/mol. The Bertz CT molecular complexity index is 666. The molecule has 2 aromatic rings. The van der Waals surface area contributed by atoms with Crippen LogP contribution in [0.25, 0.3) is 11.1 Å². The van der Waals surface area contributed by atoms with Gasteiger partial charge in [0.2, 0.25) is 5.91 Å². The summed E-state index contributed by atoms with van der Waals surface area (Å²) in [7, 11) is 1.70. The molecule has 1 amide bonds. The number of hydrogen-bond donors (Lipinski definition) is 1. The molecule has 0 aliphatic carbocycles. The number of nitrogens with two attached hydrogens (primary N) is 1. The first-order valence-electron chi connectivity index (χ1n) is 6.55. The number of likely N-dealkylation sites (N-methyl/N-ethyl adjacent to an activating group) is 1. The van der Waals surface area contributed by atoms with Crippen LogP contribution >= 0.6 is 0 Å². The fraction of sp³-hybridized carbons (Fsp3) is 0.188. The van der Waals surface area contributed by atoms with Crippen molar-refractivity contribution in [1.29, 1.82) is 0 Å². The summed E-state index contributed by atoms with van der Waals surface area (Å²) in [5.74, 6) is -0.482. The average Bonchev–Trinajstić information content (AvgIpc) is 2.46. The van der Waals surface area contributed by atoms with Gasteiger partial charge < -0.3 is 10.6 Å². The van der Waals surface area contributed by atoms with Crippen molar-refractivity contribution < 1.29 is 18.0 Å². The molecule has 22 heavy (non-hydrogen) atoms. The molecule has 3 nitrogen and oxygen atoms in total. The molecule has 0 aliphatic heterocycles.